The molecule has 2 rings (SSSR count). The normalized spacial score (nSPS) is 16.4. The van der Waals surface area contributed by atoms with Crippen molar-refractivity contribution in [1.29, 1.82) is 0 Å². The second kappa shape index (κ2) is 13.2. The Bertz CT molecular complexity index is 570. The van der Waals surface area contributed by atoms with Gasteiger partial charge in [-0.2, -0.15) is 0 Å². The van der Waals surface area contributed by atoms with E-state index in [0.29, 0.717) is 0 Å². The molecule has 160 valence electrons. The molecule has 1 aromatic rings. The number of rotatable bonds is 9. The molecule has 0 aliphatic carbocycles. The molecule has 1 aromatic carbocycles. The number of ether oxygens (including phenoxy) is 2. The van der Waals surface area contributed by atoms with E-state index in [1.54, 1.807) is 7.11 Å². The van der Waals surface area contributed by atoms with Gasteiger partial charge in [0.1, 0.15) is 5.75 Å². The van der Waals surface area contributed by atoms with E-state index in [1.165, 1.54) is 24.8 Å². The highest BCUT2D eigenvalue weighted by molar-refractivity contribution is 14.0. The average molecular weight is 503 g/mol. The lowest BCUT2D eigenvalue weighted by atomic mass is 9.74. The van der Waals surface area contributed by atoms with Crippen molar-refractivity contribution in [2.45, 2.75) is 51.4 Å². The molecule has 1 fully saturated rings. The Morgan fingerprint density at radius 2 is 1.82 bits per heavy atom. The van der Waals surface area contributed by atoms with Crippen LogP contribution in [0.5, 0.6) is 5.75 Å². The largest absolute Gasteiger partial charge is 0.497 e. The van der Waals surface area contributed by atoms with Crippen molar-refractivity contribution in [3.63, 3.8) is 0 Å². The molecule has 1 saturated heterocycles. The summed E-state index contributed by atoms with van der Waals surface area (Å²) in [6.07, 6.45) is 5.74. The molecule has 1 aliphatic heterocycles. The maximum Gasteiger partial charge on any atom is 0.191 e. The molecule has 2 N–H and O–H groups in total. The summed E-state index contributed by atoms with van der Waals surface area (Å²) in [7, 11) is 3.55. The number of hydrogen-bond acceptors (Lipinski definition) is 3. The van der Waals surface area contributed by atoms with Crippen LogP contribution in [0, 0.1) is 5.92 Å². The molecule has 0 bridgehead atoms. The van der Waals surface area contributed by atoms with Gasteiger partial charge in [0.2, 0.25) is 0 Å². The van der Waals surface area contributed by atoms with Crippen molar-refractivity contribution >= 4 is 29.9 Å². The number of aliphatic imine (C=N–C) groups is 1. The summed E-state index contributed by atoms with van der Waals surface area (Å²) < 4.78 is 11.0. The third-order valence-electron chi connectivity index (χ3n) is 5.47. The van der Waals surface area contributed by atoms with E-state index in [0.717, 1.165) is 56.8 Å². The summed E-state index contributed by atoms with van der Waals surface area (Å²) in [6.45, 7) is 7.98. The molecule has 0 saturated carbocycles. The first-order chi connectivity index (χ1) is 13.1. The number of methoxy groups -OCH3 is 1. The van der Waals surface area contributed by atoms with Crippen molar-refractivity contribution in [3.8, 4) is 5.75 Å². The van der Waals surface area contributed by atoms with Crippen LogP contribution >= 0.6 is 24.0 Å². The average Bonchev–Trinajstić information content (AvgIpc) is 2.70. The predicted octanol–water partition coefficient (Wildman–Crippen LogP) is 4.35. The van der Waals surface area contributed by atoms with Gasteiger partial charge in [0.15, 0.2) is 5.96 Å². The molecule has 0 radical (unpaired) electrons. The molecule has 28 heavy (non-hydrogen) atoms. The van der Waals surface area contributed by atoms with Crippen LogP contribution in [0.3, 0.4) is 0 Å². The maximum absolute atomic E-state index is 5.64. The summed E-state index contributed by atoms with van der Waals surface area (Å²) >= 11 is 0. The van der Waals surface area contributed by atoms with Crippen molar-refractivity contribution in [1.82, 2.24) is 10.6 Å². The van der Waals surface area contributed by atoms with Crippen molar-refractivity contribution in [3.05, 3.63) is 29.8 Å². The van der Waals surface area contributed by atoms with Gasteiger partial charge >= 0.3 is 0 Å². The zero-order valence-electron chi connectivity index (χ0n) is 17.9. The number of unbranched alkanes of at least 4 members (excludes halogenated alkanes) is 1. The fraction of sp³-hybridized carbons (Fsp3) is 0.682. The molecule has 0 unspecified atom stereocenters. The summed E-state index contributed by atoms with van der Waals surface area (Å²) in [4.78, 5) is 4.40. The number of benzene rings is 1. The number of halogens is 1. The van der Waals surface area contributed by atoms with Gasteiger partial charge in [-0.3, -0.25) is 4.99 Å². The SMILES string of the molecule is CN=C(NCCCCC(C)C)NCC1(c2ccc(OC)cc2)CCOCC1.I. The zero-order chi connectivity index (χ0) is 19.5. The minimum Gasteiger partial charge on any atom is -0.497 e. The molecular weight excluding hydrogens is 465 g/mol. The first kappa shape index (κ1) is 25.0. The second-order valence-electron chi connectivity index (χ2n) is 7.86. The monoisotopic (exact) mass is 503 g/mol. The highest BCUT2D eigenvalue weighted by atomic mass is 127. The quantitative estimate of drug-likeness (QED) is 0.228. The minimum atomic E-state index is 0. The molecule has 1 aliphatic rings. The third kappa shape index (κ3) is 7.78. The zero-order valence-corrected chi connectivity index (χ0v) is 20.3. The second-order valence-corrected chi connectivity index (χ2v) is 7.86. The van der Waals surface area contributed by atoms with Crippen LogP contribution in [0.15, 0.2) is 29.3 Å². The van der Waals surface area contributed by atoms with Crippen molar-refractivity contribution in [2.75, 3.05) is 40.5 Å². The molecule has 0 aromatic heterocycles. The van der Waals surface area contributed by atoms with Crippen LogP contribution in [-0.2, 0) is 10.2 Å². The van der Waals surface area contributed by atoms with E-state index in [-0.39, 0.29) is 29.4 Å². The van der Waals surface area contributed by atoms with Crippen LogP contribution in [-0.4, -0.2) is 46.4 Å². The molecule has 0 atom stereocenters. The summed E-state index contributed by atoms with van der Waals surface area (Å²) in [6, 6.07) is 8.48. The highest BCUT2D eigenvalue weighted by Crippen LogP contribution is 2.35. The van der Waals surface area contributed by atoms with E-state index in [4.69, 9.17) is 9.47 Å². The first-order valence-corrected chi connectivity index (χ1v) is 10.3. The Labute approximate surface area is 188 Å². The number of guanidine groups is 1. The number of nitrogens with one attached hydrogen (secondary N) is 2. The summed E-state index contributed by atoms with van der Waals surface area (Å²) in [5, 5.41) is 7.02. The Kier molecular flexibility index (Phi) is 11.8. The predicted molar refractivity (Wildman–Crippen MR) is 128 cm³/mol. The minimum absolute atomic E-state index is 0. The highest BCUT2D eigenvalue weighted by Gasteiger charge is 2.34. The lowest BCUT2D eigenvalue weighted by Gasteiger charge is -2.38. The Hall–Kier alpha value is -1.02. The van der Waals surface area contributed by atoms with Gasteiger partial charge in [0.05, 0.1) is 7.11 Å². The third-order valence-corrected chi connectivity index (χ3v) is 5.47. The topological polar surface area (TPSA) is 54.9 Å². The van der Waals surface area contributed by atoms with Gasteiger partial charge in [-0.25, -0.2) is 0 Å². The summed E-state index contributed by atoms with van der Waals surface area (Å²) in [5.74, 6) is 2.56. The van der Waals surface area contributed by atoms with E-state index < -0.39 is 0 Å². The van der Waals surface area contributed by atoms with Crippen molar-refractivity contribution in [2.24, 2.45) is 10.9 Å². The van der Waals surface area contributed by atoms with E-state index in [2.05, 4.69) is 41.6 Å². The van der Waals surface area contributed by atoms with E-state index in [1.807, 2.05) is 19.2 Å². The van der Waals surface area contributed by atoms with Crippen LogP contribution in [0.4, 0.5) is 0 Å². The van der Waals surface area contributed by atoms with Gasteiger partial charge in [-0.05, 0) is 42.9 Å². The van der Waals surface area contributed by atoms with Crippen molar-refractivity contribution < 1.29 is 9.47 Å². The van der Waals surface area contributed by atoms with Crippen LogP contribution < -0.4 is 15.4 Å². The lowest BCUT2D eigenvalue weighted by molar-refractivity contribution is 0.0513. The number of hydrogen-bond donors (Lipinski definition) is 2. The molecule has 6 heteroatoms. The fourth-order valence-corrected chi connectivity index (χ4v) is 3.63. The number of nitrogens with zero attached hydrogens (tertiary/aromatic N) is 1. The Morgan fingerprint density at radius 1 is 1.14 bits per heavy atom. The lowest BCUT2D eigenvalue weighted by Crippen LogP contribution is -2.48. The smallest absolute Gasteiger partial charge is 0.191 e. The fourth-order valence-electron chi connectivity index (χ4n) is 3.63. The van der Waals surface area contributed by atoms with Crippen LogP contribution in [0.1, 0.15) is 51.5 Å². The molecule has 0 amide bonds. The molecular formula is C22H38IN3O2. The van der Waals surface area contributed by atoms with Gasteiger partial charge < -0.3 is 20.1 Å². The van der Waals surface area contributed by atoms with E-state index in [9.17, 15) is 0 Å². The first-order valence-electron chi connectivity index (χ1n) is 10.3. The van der Waals surface area contributed by atoms with Gasteiger partial charge in [-0.15, -0.1) is 24.0 Å². The standard InChI is InChI=1S/C22H37N3O2.HI/c1-18(2)7-5-6-14-24-21(23-3)25-17-22(12-15-27-16-13-22)19-8-10-20(26-4)11-9-19;/h8-11,18H,5-7,12-17H2,1-4H3,(H2,23,24,25);1H. The molecule has 1 heterocycles. The molecule has 5 nitrogen and oxygen atoms in total. The van der Waals surface area contributed by atoms with Gasteiger partial charge in [0, 0.05) is 38.8 Å². The van der Waals surface area contributed by atoms with Crippen LogP contribution in [0.2, 0.25) is 0 Å². The van der Waals surface area contributed by atoms with Gasteiger partial charge in [-0.1, -0.05) is 38.8 Å². The summed E-state index contributed by atoms with van der Waals surface area (Å²) in [5.41, 5.74) is 1.41. The Balaban J connectivity index is 0.00000392. The van der Waals surface area contributed by atoms with E-state index >= 15 is 0 Å². The molecule has 0 spiro atoms. The van der Waals surface area contributed by atoms with Gasteiger partial charge in [0.25, 0.3) is 0 Å². The Morgan fingerprint density at radius 3 is 2.39 bits per heavy atom. The van der Waals surface area contributed by atoms with Crippen LogP contribution in [0.25, 0.3) is 0 Å². The maximum atomic E-state index is 5.64.